The predicted octanol–water partition coefficient (Wildman–Crippen LogP) is 1.58. The van der Waals surface area contributed by atoms with Gasteiger partial charge in [-0.3, -0.25) is 9.59 Å². The summed E-state index contributed by atoms with van der Waals surface area (Å²) in [6.45, 7) is 4.57. The van der Waals surface area contributed by atoms with Crippen LogP contribution in [0.25, 0.3) is 0 Å². The molecule has 0 unspecified atom stereocenters. The van der Waals surface area contributed by atoms with Crippen molar-refractivity contribution in [1.82, 2.24) is 4.90 Å². The summed E-state index contributed by atoms with van der Waals surface area (Å²) >= 11 is 0.957. The van der Waals surface area contributed by atoms with Gasteiger partial charge in [0.1, 0.15) is 5.00 Å². The standard InChI is InChI=1S/C16H20N2O6S/c1-4-24-16(22)12(19)17-13-10(15(21)23-3)9(2)11(25-13)14(20)18-7-5-6-8-18/h4-8H2,1-3H3,(H,17,19). The van der Waals surface area contributed by atoms with Crippen LogP contribution in [0, 0.1) is 6.92 Å². The highest BCUT2D eigenvalue weighted by Gasteiger charge is 2.30. The van der Waals surface area contributed by atoms with Gasteiger partial charge in [0.25, 0.3) is 5.91 Å². The minimum Gasteiger partial charge on any atom is -0.465 e. The molecule has 1 aromatic rings. The van der Waals surface area contributed by atoms with E-state index in [1.807, 2.05) is 0 Å². The van der Waals surface area contributed by atoms with E-state index in [0.29, 0.717) is 23.5 Å². The summed E-state index contributed by atoms with van der Waals surface area (Å²) in [5.74, 6) is -2.94. The Balaban J connectivity index is 2.35. The van der Waals surface area contributed by atoms with Crippen LogP contribution in [0.15, 0.2) is 0 Å². The third-order valence-corrected chi connectivity index (χ3v) is 5.01. The van der Waals surface area contributed by atoms with Crippen LogP contribution in [0.2, 0.25) is 0 Å². The molecule has 2 amide bonds. The van der Waals surface area contributed by atoms with Crippen LogP contribution in [0.1, 0.15) is 45.4 Å². The third kappa shape index (κ3) is 3.98. The van der Waals surface area contributed by atoms with E-state index in [2.05, 4.69) is 10.1 Å². The van der Waals surface area contributed by atoms with Crippen molar-refractivity contribution in [3.63, 3.8) is 0 Å². The number of carbonyl (C=O) groups is 4. The summed E-state index contributed by atoms with van der Waals surface area (Å²) in [5, 5.41) is 2.45. The number of carbonyl (C=O) groups excluding carboxylic acids is 4. The van der Waals surface area contributed by atoms with Crippen LogP contribution in [-0.2, 0) is 19.1 Å². The van der Waals surface area contributed by atoms with Gasteiger partial charge in [-0.15, -0.1) is 11.3 Å². The maximum Gasteiger partial charge on any atom is 0.397 e. The van der Waals surface area contributed by atoms with Crippen molar-refractivity contribution in [2.75, 3.05) is 32.1 Å². The second kappa shape index (κ2) is 8.11. The zero-order valence-electron chi connectivity index (χ0n) is 14.3. The van der Waals surface area contributed by atoms with E-state index in [1.165, 1.54) is 7.11 Å². The lowest BCUT2D eigenvalue weighted by Gasteiger charge is -2.14. The Hall–Kier alpha value is -2.42. The summed E-state index contributed by atoms with van der Waals surface area (Å²) in [6.07, 6.45) is 1.87. The Morgan fingerprint density at radius 3 is 2.40 bits per heavy atom. The lowest BCUT2D eigenvalue weighted by molar-refractivity contribution is -0.152. The second-order valence-corrected chi connectivity index (χ2v) is 6.45. The molecule has 1 aromatic heterocycles. The smallest absolute Gasteiger partial charge is 0.397 e. The molecule has 9 heteroatoms. The van der Waals surface area contributed by atoms with Gasteiger partial charge in [0, 0.05) is 13.1 Å². The van der Waals surface area contributed by atoms with Gasteiger partial charge < -0.3 is 19.7 Å². The van der Waals surface area contributed by atoms with Crippen molar-refractivity contribution >= 4 is 40.1 Å². The van der Waals surface area contributed by atoms with Crippen LogP contribution in [0.4, 0.5) is 5.00 Å². The number of methoxy groups -OCH3 is 1. The molecule has 0 bridgehead atoms. The number of anilines is 1. The molecule has 8 nitrogen and oxygen atoms in total. The Bertz CT molecular complexity index is 706. The lowest BCUT2D eigenvalue weighted by atomic mass is 10.1. The maximum absolute atomic E-state index is 12.6. The molecule has 0 atom stereocenters. The summed E-state index contributed by atoms with van der Waals surface area (Å²) in [5.41, 5.74) is 0.501. The normalized spacial score (nSPS) is 13.5. The topological polar surface area (TPSA) is 102 Å². The van der Waals surface area contributed by atoms with Crippen molar-refractivity contribution in [2.24, 2.45) is 0 Å². The fraction of sp³-hybridized carbons (Fsp3) is 0.500. The number of rotatable bonds is 4. The Labute approximate surface area is 149 Å². The monoisotopic (exact) mass is 368 g/mol. The van der Waals surface area contributed by atoms with Crippen molar-refractivity contribution in [3.05, 3.63) is 16.0 Å². The maximum atomic E-state index is 12.6. The zero-order chi connectivity index (χ0) is 18.6. The number of amides is 2. The Kier molecular flexibility index (Phi) is 6.13. The predicted molar refractivity (Wildman–Crippen MR) is 90.8 cm³/mol. The van der Waals surface area contributed by atoms with Gasteiger partial charge in [0.15, 0.2) is 0 Å². The van der Waals surface area contributed by atoms with Crippen LogP contribution in [0.5, 0.6) is 0 Å². The minimum absolute atomic E-state index is 0.0538. The number of ether oxygens (including phenoxy) is 2. The molecule has 1 aliphatic heterocycles. The molecule has 2 rings (SSSR count). The molecule has 0 aromatic carbocycles. The highest BCUT2D eigenvalue weighted by molar-refractivity contribution is 7.18. The minimum atomic E-state index is -1.06. The molecule has 1 aliphatic rings. The third-order valence-electron chi connectivity index (χ3n) is 3.81. The van der Waals surface area contributed by atoms with Gasteiger partial charge in [0.2, 0.25) is 0 Å². The molecule has 0 aliphatic carbocycles. The van der Waals surface area contributed by atoms with Crippen molar-refractivity contribution in [2.45, 2.75) is 26.7 Å². The number of likely N-dealkylation sites (tertiary alicyclic amines) is 1. The number of hydrogen-bond acceptors (Lipinski definition) is 7. The summed E-state index contributed by atoms with van der Waals surface area (Å²) in [4.78, 5) is 50.2. The SMILES string of the molecule is CCOC(=O)C(=O)Nc1sc(C(=O)N2CCCC2)c(C)c1C(=O)OC. The first-order chi connectivity index (χ1) is 11.9. The van der Waals surface area contributed by atoms with E-state index < -0.39 is 17.8 Å². The van der Waals surface area contributed by atoms with Gasteiger partial charge in [0.05, 0.1) is 24.2 Å². The van der Waals surface area contributed by atoms with Gasteiger partial charge in [-0.1, -0.05) is 0 Å². The highest BCUT2D eigenvalue weighted by Crippen LogP contribution is 2.35. The molecular formula is C16H20N2O6S. The largest absolute Gasteiger partial charge is 0.465 e. The van der Waals surface area contributed by atoms with E-state index >= 15 is 0 Å². The summed E-state index contributed by atoms with van der Waals surface area (Å²) in [7, 11) is 1.21. The first-order valence-corrected chi connectivity index (χ1v) is 8.71. The van der Waals surface area contributed by atoms with E-state index in [1.54, 1.807) is 18.7 Å². The fourth-order valence-electron chi connectivity index (χ4n) is 2.57. The highest BCUT2D eigenvalue weighted by atomic mass is 32.1. The average molecular weight is 368 g/mol. The second-order valence-electron chi connectivity index (χ2n) is 5.43. The fourth-order valence-corrected chi connectivity index (χ4v) is 3.73. The molecule has 0 saturated carbocycles. The van der Waals surface area contributed by atoms with Gasteiger partial charge >= 0.3 is 17.8 Å². The number of thiophene rings is 1. The van der Waals surface area contributed by atoms with E-state index in [0.717, 1.165) is 24.2 Å². The zero-order valence-corrected chi connectivity index (χ0v) is 15.2. The van der Waals surface area contributed by atoms with Crippen LogP contribution in [-0.4, -0.2) is 55.5 Å². The molecule has 0 spiro atoms. The molecule has 1 saturated heterocycles. The van der Waals surface area contributed by atoms with Crippen LogP contribution in [0.3, 0.4) is 0 Å². The van der Waals surface area contributed by atoms with Gasteiger partial charge in [-0.25, -0.2) is 9.59 Å². The van der Waals surface area contributed by atoms with E-state index in [9.17, 15) is 19.2 Å². The van der Waals surface area contributed by atoms with Crippen molar-refractivity contribution < 1.29 is 28.7 Å². The van der Waals surface area contributed by atoms with Crippen LogP contribution < -0.4 is 5.32 Å². The first kappa shape index (κ1) is 18.9. The first-order valence-electron chi connectivity index (χ1n) is 7.89. The van der Waals surface area contributed by atoms with Crippen molar-refractivity contribution in [3.8, 4) is 0 Å². The average Bonchev–Trinajstić information content (AvgIpc) is 3.22. The molecular weight excluding hydrogens is 348 g/mol. The quantitative estimate of drug-likeness (QED) is 0.639. The van der Waals surface area contributed by atoms with Crippen molar-refractivity contribution in [1.29, 1.82) is 0 Å². The summed E-state index contributed by atoms with van der Waals surface area (Å²) in [6, 6.07) is 0. The van der Waals surface area contributed by atoms with Gasteiger partial charge in [-0.2, -0.15) is 0 Å². The van der Waals surface area contributed by atoms with E-state index in [-0.39, 0.29) is 23.1 Å². The number of esters is 2. The molecule has 0 radical (unpaired) electrons. The molecule has 2 heterocycles. The number of hydrogen-bond donors (Lipinski definition) is 1. The Morgan fingerprint density at radius 2 is 1.84 bits per heavy atom. The number of nitrogens with zero attached hydrogens (tertiary/aromatic N) is 1. The number of nitrogens with one attached hydrogen (secondary N) is 1. The lowest BCUT2D eigenvalue weighted by Crippen LogP contribution is -2.27. The molecule has 1 N–H and O–H groups in total. The Morgan fingerprint density at radius 1 is 1.20 bits per heavy atom. The molecule has 25 heavy (non-hydrogen) atoms. The van der Waals surface area contributed by atoms with E-state index in [4.69, 9.17) is 4.74 Å². The molecule has 136 valence electrons. The molecule has 1 fully saturated rings. The summed E-state index contributed by atoms with van der Waals surface area (Å²) < 4.78 is 9.37. The van der Waals surface area contributed by atoms with Gasteiger partial charge in [-0.05, 0) is 32.3 Å². The van der Waals surface area contributed by atoms with Crippen LogP contribution >= 0.6 is 11.3 Å².